The summed E-state index contributed by atoms with van der Waals surface area (Å²) in [5.74, 6) is -1.83. The quantitative estimate of drug-likeness (QED) is 0.892. The van der Waals surface area contributed by atoms with E-state index >= 15 is 0 Å². The summed E-state index contributed by atoms with van der Waals surface area (Å²) in [5, 5.41) is 11.4. The number of rotatable bonds is 4. The average Bonchev–Trinajstić information content (AvgIpc) is 3.19. The molecule has 0 saturated carbocycles. The summed E-state index contributed by atoms with van der Waals surface area (Å²) >= 11 is 8.70. The summed E-state index contributed by atoms with van der Waals surface area (Å²) in [7, 11) is 0. The van der Waals surface area contributed by atoms with Crippen LogP contribution < -0.4 is 0 Å². The zero-order chi connectivity index (χ0) is 16.6. The average molecular weight is 375 g/mol. The Bertz CT molecular complexity index is 763. The minimum Gasteiger partial charge on any atom is -0.479 e. The molecule has 9 heteroatoms. The van der Waals surface area contributed by atoms with Crippen LogP contribution in [-0.2, 0) is 16.0 Å². The number of carboxylic acids is 1. The second-order valence-electron chi connectivity index (χ2n) is 5.26. The summed E-state index contributed by atoms with van der Waals surface area (Å²) in [6.07, 6.45) is -0.143. The third-order valence-corrected chi connectivity index (χ3v) is 5.92. The van der Waals surface area contributed by atoms with Crippen molar-refractivity contribution in [1.29, 1.82) is 0 Å². The molecule has 1 aliphatic rings. The Morgan fingerprint density at radius 2 is 2.26 bits per heavy atom. The molecule has 2 aromatic rings. The monoisotopic (exact) mass is 374 g/mol. The molecule has 1 unspecified atom stereocenters. The molecular weight excluding hydrogens is 363 g/mol. The highest BCUT2D eigenvalue weighted by atomic mass is 35.5. The highest BCUT2D eigenvalue weighted by Crippen LogP contribution is 2.33. The van der Waals surface area contributed by atoms with Gasteiger partial charge >= 0.3 is 5.97 Å². The number of thiophene rings is 1. The molecule has 0 bridgehead atoms. The SMILES string of the molecule is O=C(Cc1csc(-c2ccc(Cl)s2)n1)N1CCC(F)(C(=O)O)C1. The fourth-order valence-corrected chi connectivity index (χ4v) is 4.29. The van der Waals surface area contributed by atoms with E-state index in [-0.39, 0.29) is 25.3 Å². The van der Waals surface area contributed by atoms with E-state index in [4.69, 9.17) is 16.7 Å². The van der Waals surface area contributed by atoms with Crippen LogP contribution in [0.3, 0.4) is 0 Å². The van der Waals surface area contributed by atoms with Gasteiger partial charge in [-0.3, -0.25) is 4.79 Å². The van der Waals surface area contributed by atoms with E-state index in [1.807, 2.05) is 6.07 Å². The molecule has 1 fully saturated rings. The molecule has 0 aromatic carbocycles. The molecule has 23 heavy (non-hydrogen) atoms. The van der Waals surface area contributed by atoms with Gasteiger partial charge in [-0.2, -0.15) is 0 Å². The lowest BCUT2D eigenvalue weighted by atomic mass is 10.1. The smallest absolute Gasteiger partial charge is 0.343 e. The Hall–Kier alpha value is -1.51. The molecule has 2 aromatic heterocycles. The van der Waals surface area contributed by atoms with Crippen LogP contribution in [0.1, 0.15) is 12.1 Å². The van der Waals surface area contributed by atoms with Gasteiger partial charge in [-0.15, -0.1) is 22.7 Å². The van der Waals surface area contributed by atoms with Crippen molar-refractivity contribution in [2.75, 3.05) is 13.1 Å². The van der Waals surface area contributed by atoms with E-state index in [1.165, 1.54) is 27.6 Å². The number of nitrogens with zero attached hydrogens (tertiary/aromatic N) is 2. The number of aliphatic carboxylic acids is 1. The second kappa shape index (κ2) is 6.18. The van der Waals surface area contributed by atoms with Crippen molar-refractivity contribution in [3.8, 4) is 9.88 Å². The van der Waals surface area contributed by atoms with Gasteiger partial charge in [-0.05, 0) is 12.1 Å². The van der Waals surface area contributed by atoms with Crippen LogP contribution in [0.25, 0.3) is 9.88 Å². The van der Waals surface area contributed by atoms with Crippen LogP contribution in [0.5, 0.6) is 0 Å². The number of aromatic nitrogens is 1. The Morgan fingerprint density at radius 1 is 1.48 bits per heavy atom. The van der Waals surface area contributed by atoms with Crippen LogP contribution in [0.4, 0.5) is 4.39 Å². The van der Waals surface area contributed by atoms with E-state index in [9.17, 15) is 14.0 Å². The van der Waals surface area contributed by atoms with Gasteiger partial charge in [-0.1, -0.05) is 11.6 Å². The molecule has 0 spiro atoms. The number of likely N-dealkylation sites (tertiary alicyclic amines) is 1. The number of carbonyl (C=O) groups excluding carboxylic acids is 1. The molecule has 0 radical (unpaired) electrons. The van der Waals surface area contributed by atoms with E-state index < -0.39 is 18.2 Å². The Balaban J connectivity index is 1.65. The largest absolute Gasteiger partial charge is 0.479 e. The van der Waals surface area contributed by atoms with Crippen molar-refractivity contribution >= 4 is 46.2 Å². The molecule has 3 heterocycles. The molecule has 122 valence electrons. The summed E-state index contributed by atoms with van der Waals surface area (Å²) in [5.41, 5.74) is -1.75. The molecule has 1 atom stereocenters. The highest BCUT2D eigenvalue weighted by Gasteiger charge is 2.46. The maximum atomic E-state index is 14.0. The Kier molecular flexibility index (Phi) is 4.39. The maximum Gasteiger partial charge on any atom is 0.343 e. The highest BCUT2D eigenvalue weighted by molar-refractivity contribution is 7.23. The molecule has 1 saturated heterocycles. The lowest BCUT2D eigenvalue weighted by Crippen LogP contribution is -2.39. The normalized spacial score (nSPS) is 20.9. The first-order valence-corrected chi connectivity index (χ1v) is 8.85. The summed E-state index contributed by atoms with van der Waals surface area (Å²) in [4.78, 5) is 29.6. The number of alkyl halides is 1. The maximum absolute atomic E-state index is 14.0. The molecule has 0 aliphatic carbocycles. The molecule has 3 rings (SSSR count). The summed E-state index contributed by atoms with van der Waals surface area (Å²) in [6, 6.07) is 3.65. The van der Waals surface area contributed by atoms with Crippen molar-refractivity contribution < 1.29 is 19.1 Å². The number of thiazole rings is 1. The van der Waals surface area contributed by atoms with Gasteiger partial charge in [0.05, 0.1) is 27.9 Å². The van der Waals surface area contributed by atoms with Gasteiger partial charge < -0.3 is 10.0 Å². The van der Waals surface area contributed by atoms with Crippen molar-refractivity contribution in [3.05, 3.63) is 27.5 Å². The zero-order valence-corrected chi connectivity index (χ0v) is 14.2. The van der Waals surface area contributed by atoms with Crippen molar-refractivity contribution in [2.24, 2.45) is 0 Å². The van der Waals surface area contributed by atoms with E-state index in [0.29, 0.717) is 10.0 Å². The predicted molar refractivity (Wildman–Crippen MR) is 86.8 cm³/mol. The molecule has 1 aliphatic heterocycles. The molecular formula is C14H12ClFN2O3S2. The number of halogens is 2. The van der Waals surface area contributed by atoms with Crippen molar-refractivity contribution in [1.82, 2.24) is 9.88 Å². The van der Waals surface area contributed by atoms with Gasteiger partial charge in [0, 0.05) is 18.3 Å². The van der Waals surface area contributed by atoms with Crippen LogP contribution >= 0.6 is 34.3 Å². The second-order valence-corrected chi connectivity index (χ2v) is 7.83. The van der Waals surface area contributed by atoms with Crippen LogP contribution in [0, 0.1) is 0 Å². The molecule has 1 amide bonds. The van der Waals surface area contributed by atoms with Gasteiger partial charge in [0.2, 0.25) is 11.6 Å². The van der Waals surface area contributed by atoms with Gasteiger partial charge in [-0.25, -0.2) is 14.2 Å². The fraction of sp³-hybridized carbons (Fsp3) is 0.357. The number of amides is 1. The zero-order valence-electron chi connectivity index (χ0n) is 11.8. The van der Waals surface area contributed by atoms with E-state index in [2.05, 4.69) is 4.98 Å². The van der Waals surface area contributed by atoms with Gasteiger partial charge in [0.1, 0.15) is 5.01 Å². The van der Waals surface area contributed by atoms with Crippen LogP contribution in [0.15, 0.2) is 17.5 Å². The first kappa shape index (κ1) is 16.4. The Labute approximate surface area is 144 Å². The summed E-state index contributed by atoms with van der Waals surface area (Å²) in [6.45, 7) is -0.294. The topological polar surface area (TPSA) is 70.5 Å². The van der Waals surface area contributed by atoms with Crippen LogP contribution in [0.2, 0.25) is 4.34 Å². The van der Waals surface area contributed by atoms with Crippen molar-refractivity contribution in [3.63, 3.8) is 0 Å². The fourth-order valence-electron chi connectivity index (χ4n) is 2.36. The minimum atomic E-state index is -2.34. The number of carbonyl (C=O) groups is 2. The molecule has 5 nitrogen and oxygen atoms in total. The first-order chi connectivity index (χ1) is 10.9. The van der Waals surface area contributed by atoms with E-state index in [0.717, 1.165) is 9.88 Å². The van der Waals surface area contributed by atoms with Crippen molar-refractivity contribution in [2.45, 2.75) is 18.5 Å². The van der Waals surface area contributed by atoms with Gasteiger partial charge in [0.25, 0.3) is 0 Å². The first-order valence-electron chi connectivity index (χ1n) is 6.77. The number of carboxylic acid groups (broad SMARTS) is 1. The summed E-state index contributed by atoms with van der Waals surface area (Å²) < 4.78 is 14.7. The van der Waals surface area contributed by atoms with E-state index in [1.54, 1.807) is 11.4 Å². The number of hydrogen-bond acceptors (Lipinski definition) is 5. The number of hydrogen-bond donors (Lipinski definition) is 1. The lowest BCUT2D eigenvalue weighted by molar-refractivity contribution is -0.150. The minimum absolute atomic E-state index is 0.0330. The predicted octanol–water partition coefficient (Wildman–Crippen LogP) is 3.09. The third kappa shape index (κ3) is 3.39. The Morgan fingerprint density at radius 3 is 2.87 bits per heavy atom. The van der Waals surface area contributed by atoms with Gasteiger partial charge in [0.15, 0.2) is 0 Å². The lowest BCUT2D eigenvalue weighted by Gasteiger charge is -2.17. The molecule has 1 N–H and O–H groups in total. The third-order valence-electron chi connectivity index (χ3n) is 3.62. The standard InChI is InChI=1S/C14H12ClFN2O3S2/c15-10-2-1-9(23-10)12-17-8(6-22-12)5-11(19)18-4-3-14(16,7-18)13(20)21/h1-2,6H,3-5,7H2,(H,20,21). The van der Waals surface area contributed by atoms with Crippen LogP contribution in [-0.4, -0.2) is 45.6 Å².